The number of nitrogens with zero attached hydrogens (tertiary/aromatic N) is 3. The molecule has 0 fully saturated rings. The van der Waals surface area contributed by atoms with Gasteiger partial charge in [-0.1, -0.05) is 30.3 Å². The van der Waals surface area contributed by atoms with Crippen molar-refractivity contribution in [2.24, 2.45) is 0 Å². The van der Waals surface area contributed by atoms with E-state index >= 15 is 0 Å². The Hall–Kier alpha value is -2.71. The summed E-state index contributed by atoms with van der Waals surface area (Å²) in [6, 6.07) is 14.9. The second kappa shape index (κ2) is 11.8. The molecule has 0 aliphatic carbocycles. The quantitative estimate of drug-likeness (QED) is 0.398. The molecule has 1 atom stereocenters. The second-order valence-electron chi connectivity index (χ2n) is 7.07. The number of benzene rings is 2. The summed E-state index contributed by atoms with van der Waals surface area (Å²) in [7, 11) is 0. The smallest absolute Gasteiger partial charge is 0.230 e. The van der Waals surface area contributed by atoms with E-state index in [1.807, 2.05) is 61.7 Å². The Morgan fingerprint density at radius 3 is 2.34 bits per heavy atom. The largest absolute Gasteiger partial charge is 0.494 e. The maximum atomic E-state index is 12.2. The van der Waals surface area contributed by atoms with E-state index in [-0.39, 0.29) is 24.3 Å². The van der Waals surface area contributed by atoms with E-state index in [2.05, 4.69) is 15.5 Å². The summed E-state index contributed by atoms with van der Waals surface area (Å²) in [5.41, 5.74) is 0.842. The van der Waals surface area contributed by atoms with Crippen LogP contribution >= 0.6 is 23.4 Å². The zero-order valence-electron chi connectivity index (χ0n) is 18.4. The molecule has 0 radical (unpaired) electrons. The molecule has 0 bridgehead atoms. The summed E-state index contributed by atoms with van der Waals surface area (Å²) < 4.78 is 13.3. The number of hydrogen-bond donors (Lipinski definition) is 1. The van der Waals surface area contributed by atoms with Crippen LogP contribution in [0.5, 0.6) is 11.5 Å². The maximum Gasteiger partial charge on any atom is 0.230 e. The molecule has 2 aromatic carbocycles. The zero-order chi connectivity index (χ0) is 22.9. The van der Waals surface area contributed by atoms with Crippen LogP contribution < -0.4 is 14.8 Å². The molecule has 3 rings (SSSR count). The van der Waals surface area contributed by atoms with Crippen molar-refractivity contribution in [2.75, 3.05) is 12.4 Å². The number of ether oxygens (including phenoxy) is 2. The fraction of sp³-hybridized carbons (Fsp3) is 0.348. The number of halogens is 1. The summed E-state index contributed by atoms with van der Waals surface area (Å²) in [4.78, 5) is 12.2. The number of rotatable bonds is 11. The van der Waals surface area contributed by atoms with Crippen molar-refractivity contribution in [3.63, 3.8) is 0 Å². The van der Waals surface area contributed by atoms with E-state index < -0.39 is 0 Å². The molecule has 1 N–H and O–H groups in total. The van der Waals surface area contributed by atoms with Gasteiger partial charge in [0.1, 0.15) is 18.1 Å². The minimum atomic E-state index is -0.0396. The van der Waals surface area contributed by atoms with E-state index in [0.717, 1.165) is 17.9 Å². The highest BCUT2D eigenvalue weighted by atomic mass is 35.5. The summed E-state index contributed by atoms with van der Waals surface area (Å²) in [6.07, 6.45) is 0.879. The standard InChI is InChI=1S/C23H27ClN4O3S/c1-4-16(3)25-22(29)15-32-23-27-26-21(28(23)18-8-6-17(24)7-9-18)14-31-20-12-10-19(11-13-20)30-5-2/h6-13,16H,4-5,14-15H2,1-3H3,(H,25,29). The van der Waals surface area contributed by atoms with E-state index in [0.29, 0.717) is 28.4 Å². The molecule has 0 saturated carbocycles. The van der Waals surface area contributed by atoms with Gasteiger partial charge in [-0.3, -0.25) is 9.36 Å². The first-order chi connectivity index (χ1) is 15.5. The van der Waals surface area contributed by atoms with Crippen LogP contribution in [0.4, 0.5) is 0 Å². The van der Waals surface area contributed by atoms with Crippen LogP contribution in [-0.4, -0.2) is 39.1 Å². The van der Waals surface area contributed by atoms with E-state index in [4.69, 9.17) is 21.1 Å². The number of aromatic nitrogens is 3. The molecule has 170 valence electrons. The molecule has 1 amide bonds. The average molecular weight is 475 g/mol. The van der Waals surface area contributed by atoms with Gasteiger partial charge in [-0.25, -0.2) is 0 Å². The minimum Gasteiger partial charge on any atom is -0.494 e. The molecule has 1 heterocycles. The van der Waals surface area contributed by atoms with Crippen molar-refractivity contribution >= 4 is 29.3 Å². The average Bonchev–Trinajstić information content (AvgIpc) is 3.20. The van der Waals surface area contributed by atoms with Gasteiger partial charge in [-0.05, 0) is 68.8 Å². The third-order valence-corrected chi connectivity index (χ3v) is 5.82. The highest BCUT2D eigenvalue weighted by Crippen LogP contribution is 2.25. The Morgan fingerprint density at radius 2 is 1.72 bits per heavy atom. The van der Waals surface area contributed by atoms with Gasteiger partial charge >= 0.3 is 0 Å². The van der Waals surface area contributed by atoms with Crippen LogP contribution in [0.3, 0.4) is 0 Å². The number of carbonyl (C=O) groups excluding carboxylic acids is 1. The molecule has 1 unspecified atom stereocenters. The normalized spacial score (nSPS) is 11.8. The summed E-state index contributed by atoms with van der Waals surface area (Å²) in [5, 5.41) is 12.8. The topological polar surface area (TPSA) is 78.3 Å². The lowest BCUT2D eigenvalue weighted by Crippen LogP contribution is -2.33. The number of hydrogen-bond acceptors (Lipinski definition) is 6. The van der Waals surface area contributed by atoms with Gasteiger partial charge in [0.15, 0.2) is 11.0 Å². The number of nitrogens with one attached hydrogen (secondary N) is 1. The van der Waals surface area contributed by atoms with Crippen molar-refractivity contribution in [1.29, 1.82) is 0 Å². The molecule has 7 nitrogen and oxygen atoms in total. The van der Waals surface area contributed by atoms with E-state index in [1.54, 1.807) is 12.1 Å². The van der Waals surface area contributed by atoms with E-state index in [1.165, 1.54) is 11.8 Å². The van der Waals surface area contributed by atoms with Crippen molar-refractivity contribution in [2.45, 2.75) is 45.0 Å². The van der Waals surface area contributed by atoms with Crippen LogP contribution in [0.25, 0.3) is 5.69 Å². The van der Waals surface area contributed by atoms with Gasteiger partial charge in [0.2, 0.25) is 5.91 Å². The van der Waals surface area contributed by atoms with Crippen LogP contribution in [0.2, 0.25) is 5.02 Å². The highest BCUT2D eigenvalue weighted by molar-refractivity contribution is 7.99. The van der Waals surface area contributed by atoms with Crippen LogP contribution in [-0.2, 0) is 11.4 Å². The van der Waals surface area contributed by atoms with Crippen LogP contribution in [0.15, 0.2) is 53.7 Å². The van der Waals surface area contributed by atoms with Crippen molar-refractivity contribution < 1.29 is 14.3 Å². The Bertz CT molecular complexity index is 1010. The molecule has 0 aliphatic rings. The Labute approximate surface area is 197 Å². The van der Waals surface area contributed by atoms with Crippen molar-refractivity contribution in [3.8, 4) is 17.2 Å². The Balaban J connectivity index is 1.76. The van der Waals surface area contributed by atoms with E-state index in [9.17, 15) is 4.79 Å². The Kier molecular flexibility index (Phi) is 8.81. The molecule has 1 aromatic heterocycles. The molecule has 9 heteroatoms. The SMILES string of the molecule is CCOc1ccc(OCc2nnc(SCC(=O)NC(C)CC)n2-c2ccc(Cl)cc2)cc1. The van der Waals surface area contributed by atoms with Gasteiger partial charge in [0.05, 0.1) is 12.4 Å². The maximum absolute atomic E-state index is 12.2. The predicted octanol–water partition coefficient (Wildman–Crippen LogP) is 4.91. The van der Waals surface area contributed by atoms with Gasteiger partial charge in [-0.2, -0.15) is 0 Å². The lowest BCUT2D eigenvalue weighted by atomic mass is 10.3. The molecule has 0 saturated heterocycles. The Morgan fingerprint density at radius 1 is 1.06 bits per heavy atom. The fourth-order valence-electron chi connectivity index (χ4n) is 2.83. The van der Waals surface area contributed by atoms with Crippen molar-refractivity contribution in [1.82, 2.24) is 20.1 Å². The lowest BCUT2D eigenvalue weighted by Gasteiger charge is -2.13. The first-order valence-corrected chi connectivity index (χ1v) is 11.8. The molecular formula is C23H27ClN4O3S. The number of thioether (sulfide) groups is 1. The van der Waals surface area contributed by atoms with Gasteiger partial charge in [-0.15, -0.1) is 10.2 Å². The van der Waals surface area contributed by atoms with Crippen molar-refractivity contribution in [3.05, 3.63) is 59.4 Å². The zero-order valence-corrected chi connectivity index (χ0v) is 19.9. The first kappa shape index (κ1) is 23.9. The number of carbonyl (C=O) groups is 1. The lowest BCUT2D eigenvalue weighted by molar-refractivity contribution is -0.119. The molecule has 3 aromatic rings. The third-order valence-electron chi connectivity index (χ3n) is 4.64. The predicted molar refractivity (Wildman–Crippen MR) is 127 cm³/mol. The van der Waals surface area contributed by atoms with Gasteiger partial charge in [0, 0.05) is 16.8 Å². The van der Waals surface area contributed by atoms with Gasteiger partial charge < -0.3 is 14.8 Å². The molecule has 0 spiro atoms. The molecular weight excluding hydrogens is 448 g/mol. The minimum absolute atomic E-state index is 0.0396. The molecule has 0 aliphatic heterocycles. The summed E-state index contributed by atoms with van der Waals surface area (Å²) in [5.74, 6) is 2.31. The van der Waals surface area contributed by atoms with Crippen LogP contribution in [0.1, 0.15) is 33.0 Å². The highest BCUT2D eigenvalue weighted by Gasteiger charge is 2.17. The summed E-state index contributed by atoms with van der Waals surface area (Å²) >= 11 is 7.39. The molecule has 32 heavy (non-hydrogen) atoms. The monoisotopic (exact) mass is 474 g/mol. The van der Waals surface area contributed by atoms with Gasteiger partial charge in [0.25, 0.3) is 0 Å². The third kappa shape index (κ3) is 6.64. The second-order valence-corrected chi connectivity index (χ2v) is 8.45. The first-order valence-electron chi connectivity index (χ1n) is 10.5. The fourth-order valence-corrected chi connectivity index (χ4v) is 3.74. The van der Waals surface area contributed by atoms with Crippen LogP contribution in [0, 0.1) is 0 Å². The summed E-state index contributed by atoms with van der Waals surface area (Å²) in [6.45, 7) is 6.78. The number of amides is 1.